The van der Waals surface area contributed by atoms with Gasteiger partial charge in [0.1, 0.15) is 17.0 Å². The number of aliphatic hydroxyl groups is 1. The van der Waals surface area contributed by atoms with Crippen molar-refractivity contribution in [2.75, 3.05) is 38.7 Å². The topological polar surface area (TPSA) is 126 Å². The molecule has 0 radical (unpaired) electrons. The normalized spacial score (nSPS) is 16.6. The van der Waals surface area contributed by atoms with Gasteiger partial charge in [0.25, 0.3) is 11.8 Å². The van der Waals surface area contributed by atoms with Crippen molar-refractivity contribution >= 4 is 52.5 Å². The van der Waals surface area contributed by atoms with Crippen molar-refractivity contribution in [1.29, 1.82) is 0 Å². The van der Waals surface area contributed by atoms with E-state index in [0.717, 1.165) is 0 Å². The molecule has 13 heteroatoms. The molecule has 1 atom stereocenters. The second kappa shape index (κ2) is 11.6. The van der Waals surface area contributed by atoms with Crippen LogP contribution in [0, 0.1) is 5.82 Å². The van der Waals surface area contributed by atoms with Gasteiger partial charge < -0.3 is 30.1 Å². The number of β-amino-alcohol motifs (C(OH)–C–C–N with tert-alkyl or cyclic N) is 1. The Hall–Kier alpha value is -3.25. The Balaban J connectivity index is 0.00000336. The number of piperidine rings is 1. The first-order chi connectivity index (χ1) is 17.8. The maximum atomic E-state index is 14.5. The number of anilines is 1. The highest BCUT2D eigenvalue weighted by molar-refractivity contribution is 6.32. The highest BCUT2D eigenvalue weighted by Crippen LogP contribution is 2.34. The number of methoxy groups -OCH3 is 1. The van der Waals surface area contributed by atoms with E-state index in [2.05, 4.69) is 25.5 Å². The highest BCUT2D eigenvalue weighted by Gasteiger charge is 2.26. The van der Waals surface area contributed by atoms with Gasteiger partial charge in [-0.25, -0.2) is 9.37 Å². The summed E-state index contributed by atoms with van der Waals surface area (Å²) in [5.74, 6) is -0.259. The van der Waals surface area contributed by atoms with E-state index in [4.69, 9.17) is 21.1 Å². The number of amides is 2. The number of carbonyl (C=O) groups is 2. The summed E-state index contributed by atoms with van der Waals surface area (Å²) in [6, 6.07) is 5.94. The summed E-state index contributed by atoms with van der Waals surface area (Å²) in [6.45, 7) is 1.45. The molecule has 5 rings (SSSR count). The highest BCUT2D eigenvalue weighted by atomic mass is 35.5. The van der Waals surface area contributed by atoms with Gasteiger partial charge in [0.05, 0.1) is 18.2 Å². The number of hydrogen-bond donors (Lipinski definition) is 3. The van der Waals surface area contributed by atoms with Crippen LogP contribution in [0.1, 0.15) is 35.0 Å². The number of nitrogens with zero attached hydrogens (tertiary/aromatic N) is 3. The molecule has 0 spiro atoms. The number of benzene rings is 1. The van der Waals surface area contributed by atoms with Crippen LogP contribution >= 0.6 is 24.0 Å². The van der Waals surface area contributed by atoms with E-state index >= 15 is 0 Å². The van der Waals surface area contributed by atoms with E-state index in [9.17, 15) is 19.1 Å². The average Bonchev–Trinajstić information content (AvgIpc) is 2.88. The summed E-state index contributed by atoms with van der Waals surface area (Å²) in [7, 11) is 1.44. The van der Waals surface area contributed by atoms with Crippen LogP contribution in [0.2, 0.25) is 5.02 Å². The molecule has 3 N–H and O–H groups in total. The Morgan fingerprint density at radius 2 is 2.13 bits per heavy atom. The molecule has 38 heavy (non-hydrogen) atoms. The van der Waals surface area contributed by atoms with Crippen molar-refractivity contribution in [3.63, 3.8) is 0 Å². The molecule has 2 aromatic heterocycles. The molecule has 2 aliphatic heterocycles. The zero-order chi connectivity index (χ0) is 26.1. The summed E-state index contributed by atoms with van der Waals surface area (Å²) < 4.78 is 24.9. The molecule has 1 saturated heterocycles. The molecular formula is C25H26Cl2FN5O5. The van der Waals surface area contributed by atoms with Crippen molar-refractivity contribution in [3.8, 4) is 11.5 Å². The monoisotopic (exact) mass is 565 g/mol. The molecule has 1 aromatic carbocycles. The van der Waals surface area contributed by atoms with Crippen LogP contribution in [0.5, 0.6) is 11.5 Å². The minimum atomic E-state index is -0.979. The average molecular weight is 566 g/mol. The van der Waals surface area contributed by atoms with Crippen molar-refractivity contribution in [2.24, 2.45) is 0 Å². The number of halogens is 3. The number of nitrogens with one attached hydrogen (secondary N) is 2. The minimum absolute atomic E-state index is 0. The summed E-state index contributed by atoms with van der Waals surface area (Å²) in [5.41, 5.74) is 0.696. The third-order valence-corrected chi connectivity index (χ3v) is 6.82. The van der Waals surface area contributed by atoms with Crippen LogP contribution in [0.25, 0.3) is 10.9 Å². The predicted molar refractivity (Wildman–Crippen MR) is 141 cm³/mol. The van der Waals surface area contributed by atoms with Gasteiger partial charge in [0.2, 0.25) is 0 Å². The van der Waals surface area contributed by atoms with Crippen LogP contribution < -0.4 is 20.1 Å². The standard InChI is InChI=1S/C25H25ClFN5O5.ClH/c1-36-14-8-15-22(16(26)10-28-23(15)17(27)9-14)19(33)11-32-6-4-13(5-7-32)29-25(35)18-2-3-20-24(30-18)31-21(34)12-37-20;/h2-3,8-10,13,19,33H,4-7,11-12H2,1H3,(H,29,35)(H,30,31,34);1H. The number of likely N-dealkylation sites (tertiary alicyclic amines) is 1. The molecule has 4 heterocycles. The molecule has 2 amide bonds. The first-order valence-corrected chi connectivity index (χ1v) is 12.2. The van der Waals surface area contributed by atoms with E-state index in [1.165, 1.54) is 19.4 Å². The third-order valence-electron chi connectivity index (χ3n) is 6.52. The zero-order valence-electron chi connectivity index (χ0n) is 20.4. The van der Waals surface area contributed by atoms with Crippen molar-refractivity contribution < 1.29 is 28.6 Å². The summed E-state index contributed by atoms with van der Waals surface area (Å²) in [5, 5.41) is 17.3. The number of hydrogen-bond acceptors (Lipinski definition) is 8. The number of aliphatic hydroxyl groups excluding tert-OH is 1. The number of pyridine rings is 2. The fraction of sp³-hybridized carbons (Fsp3) is 0.360. The van der Waals surface area contributed by atoms with Gasteiger partial charge in [-0.2, -0.15) is 0 Å². The van der Waals surface area contributed by atoms with E-state index in [1.54, 1.807) is 18.2 Å². The maximum Gasteiger partial charge on any atom is 0.270 e. The fourth-order valence-corrected chi connectivity index (χ4v) is 4.91. The van der Waals surface area contributed by atoms with Crippen LogP contribution in [0.3, 0.4) is 0 Å². The SMILES string of the molecule is COc1cc(F)c2ncc(Cl)c(C(O)CN3CCC(NC(=O)c4ccc5c(n4)NC(=O)CO5)CC3)c2c1.Cl. The lowest BCUT2D eigenvalue weighted by Gasteiger charge is -2.33. The zero-order valence-corrected chi connectivity index (χ0v) is 21.9. The van der Waals surface area contributed by atoms with Gasteiger partial charge in [0, 0.05) is 48.9 Å². The minimum Gasteiger partial charge on any atom is -0.497 e. The molecule has 0 aliphatic carbocycles. The van der Waals surface area contributed by atoms with E-state index in [0.29, 0.717) is 48.4 Å². The Labute approximate surface area is 228 Å². The summed E-state index contributed by atoms with van der Waals surface area (Å²) >= 11 is 6.37. The lowest BCUT2D eigenvalue weighted by atomic mass is 10.0. The lowest BCUT2D eigenvalue weighted by Crippen LogP contribution is -2.45. The third kappa shape index (κ3) is 5.75. The first kappa shape index (κ1) is 27.8. The van der Waals surface area contributed by atoms with Crippen molar-refractivity contribution in [2.45, 2.75) is 25.0 Å². The number of fused-ring (bicyclic) bond motifs is 2. The fourth-order valence-electron chi connectivity index (χ4n) is 4.63. The molecule has 3 aromatic rings. The second-order valence-electron chi connectivity index (χ2n) is 8.97. The van der Waals surface area contributed by atoms with E-state index in [1.807, 2.05) is 0 Å². The van der Waals surface area contributed by atoms with Gasteiger partial charge >= 0.3 is 0 Å². The summed E-state index contributed by atoms with van der Waals surface area (Å²) in [6.07, 6.45) is 1.69. The quantitative estimate of drug-likeness (QED) is 0.416. The Morgan fingerprint density at radius 3 is 2.87 bits per heavy atom. The van der Waals surface area contributed by atoms with Crippen LogP contribution in [0.15, 0.2) is 30.5 Å². The Morgan fingerprint density at radius 1 is 1.37 bits per heavy atom. The van der Waals surface area contributed by atoms with Gasteiger partial charge in [-0.1, -0.05) is 11.6 Å². The van der Waals surface area contributed by atoms with Gasteiger partial charge in [-0.05, 0) is 31.0 Å². The Kier molecular flexibility index (Phi) is 8.51. The number of aromatic nitrogens is 2. The molecule has 10 nitrogen and oxygen atoms in total. The smallest absolute Gasteiger partial charge is 0.270 e. The van der Waals surface area contributed by atoms with E-state index < -0.39 is 11.9 Å². The molecule has 2 aliphatic rings. The number of ether oxygens (including phenoxy) is 2. The molecule has 0 bridgehead atoms. The maximum absolute atomic E-state index is 14.5. The predicted octanol–water partition coefficient (Wildman–Crippen LogP) is 3.11. The van der Waals surface area contributed by atoms with Crippen LogP contribution in [-0.2, 0) is 4.79 Å². The number of carbonyl (C=O) groups excluding carboxylic acids is 2. The summed E-state index contributed by atoms with van der Waals surface area (Å²) in [4.78, 5) is 34.6. The largest absolute Gasteiger partial charge is 0.497 e. The number of rotatable bonds is 6. The molecule has 1 unspecified atom stereocenters. The van der Waals surface area contributed by atoms with Gasteiger partial charge in [-0.15, -0.1) is 12.4 Å². The van der Waals surface area contributed by atoms with Crippen molar-refractivity contribution in [1.82, 2.24) is 20.2 Å². The molecular weight excluding hydrogens is 540 g/mol. The molecule has 1 fully saturated rings. The van der Waals surface area contributed by atoms with Crippen LogP contribution in [-0.4, -0.2) is 71.2 Å². The lowest BCUT2D eigenvalue weighted by molar-refractivity contribution is -0.118. The molecule has 0 saturated carbocycles. The van der Waals surface area contributed by atoms with E-state index in [-0.39, 0.29) is 65.5 Å². The first-order valence-electron chi connectivity index (χ1n) is 11.8. The molecule has 202 valence electrons. The van der Waals surface area contributed by atoms with Gasteiger partial charge in [-0.3, -0.25) is 14.6 Å². The van der Waals surface area contributed by atoms with Gasteiger partial charge in [0.15, 0.2) is 24.0 Å². The van der Waals surface area contributed by atoms with Crippen LogP contribution in [0.4, 0.5) is 10.2 Å². The Bertz CT molecular complexity index is 1370. The van der Waals surface area contributed by atoms with Crippen molar-refractivity contribution in [3.05, 3.63) is 52.6 Å². The second-order valence-corrected chi connectivity index (χ2v) is 9.38.